The Morgan fingerprint density at radius 3 is 3.14 bits per heavy atom. The van der Waals surface area contributed by atoms with Crippen LogP contribution < -0.4 is 15.4 Å². The molecular weight excluding hydrogens is 292 g/mol. The summed E-state index contributed by atoms with van der Waals surface area (Å²) < 4.78 is 10.4. The van der Waals surface area contributed by atoms with E-state index in [4.69, 9.17) is 15.2 Å². The second-order valence-corrected chi connectivity index (χ2v) is 5.28. The van der Waals surface area contributed by atoms with Crippen molar-refractivity contribution in [3.63, 3.8) is 0 Å². The molecule has 2 N–H and O–H groups in total. The highest BCUT2D eigenvalue weighted by Gasteiger charge is 2.33. The van der Waals surface area contributed by atoms with E-state index in [1.54, 1.807) is 0 Å². The molecule has 1 aromatic heterocycles. The van der Waals surface area contributed by atoms with Crippen molar-refractivity contribution in [2.75, 3.05) is 24.6 Å². The zero-order chi connectivity index (χ0) is 15.7. The monoisotopic (exact) mass is 308 g/mol. The molecule has 3 rings (SSSR count). The molecule has 1 fully saturated rings. The quantitative estimate of drug-likeness (QED) is 0.652. The Kier molecular flexibility index (Phi) is 3.70. The number of fused-ring (bicyclic) bond motifs is 1. The first-order chi connectivity index (χ1) is 10.6. The summed E-state index contributed by atoms with van der Waals surface area (Å²) in [6.07, 6.45) is 2.06. The van der Waals surface area contributed by atoms with Crippen LogP contribution in [0.15, 0.2) is 6.20 Å². The Labute approximate surface area is 126 Å². The van der Waals surface area contributed by atoms with Crippen LogP contribution in [0.2, 0.25) is 0 Å². The van der Waals surface area contributed by atoms with Gasteiger partial charge in [-0.1, -0.05) is 0 Å². The molecular formula is C13H16N4O5. The second kappa shape index (κ2) is 5.66. The highest BCUT2D eigenvalue weighted by molar-refractivity contribution is 5.71. The first kappa shape index (κ1) is 14.4. The first-order valence-corrected chi connectivity index (χ1v) is 7.06. The summed E-state index contributed by atoms with van der Waals surface area (Å²) in [5, 5.41) is 11.3. The number of nitrogens with zero attached hydrogens (tertiary/aromatic N) is 3. The maximum Gasteiger partial charge on any atom is 0.404 e. The SMILES string of the molecule is NC(=O)O[C@H]1CCCN(c2c([N+](=O)[O-])cnc3c2CCO3)C1. The highest BCUT2D eigenvalue weighted by atomic mass is 16.6. The lowest BCUT2D eigenvalue weighted by Crippen LogP contribution is -2.42. The van der Waals surface area contributed by atoms with Crippen LogP contribution in [0.3, 0.4) is 0 Å². The number of aromatic nitrogens is 1. The number of piperidine rings is 1. The lowest BCUT2D eigenvalue weighted by atomic mass is 10.0. The molecule has 1 atom stereocenters. The molecule has 2 aliphatic rings. The largest absolute Gasteiger partial charge is 0.477 e. The Morgan fingerprint density at radius 2 is 2.41 bits per heavy atom. The zero-order valence-electron chi connectivity index (χ0n) is 11.9. The molecule has 22 heavy (non-hydrogen) atoms. The van der Waals surface area contributed by atoms with Crippen LogP contribution in [-0.2, 0) is 11.2 Å². The van der Waals surface area contributed by atoms with Crippen LogP contribution in [0.25, 0.3) is 0 Å². The van der Waals surface area contributed by atoms with Crippen LogP contribution in [0.5, 0.6) is 5.88 Å². The minimum atomic E-state index is -0.829. The summed E-state index contributed by atoms with van der Waals surface area (Å²) in [7, 11) is 0. The number of hydrogen-bond donors (Lipinski definition) is 1. The van der Waals surface area contributed by atoms with Crippen molar-refractivity contribution in [3.8, 4) is 5.88 Å². The van der Waals surface area contributed by atoms with E-state index in [0.29, 0.717) is 44.1 Å². The van der Waals surface area contributed by atoms with Crippen molar-refractivity contribution in [2.24, 2.45) is 5.73 Å². The summed E-state index contributed by atoms with van der Waals surface area (Å²) in [4.78, 5) is 27.7. The van der Waals surface area contributed by atoms with E-state index in [2.05, 4.69) is 4.98 Å². The first-order valence-electron chi connectivity index (χ1n) is 7.06. The van der Waals surface area contributed by atoms with Gasteiger partial charge in [0.1, 0.15) is 18.0 Å². The molecule has 1 saturated heterocycles. The number of ether oxygens (including phenoxy) is 2. The number of nitrogens with two attached hydrogens (primary N) is 1. The van der Waals surface area contributed by atoms with Gasteiger partial charge in [-0.05, 0) is 12.8 Å². The standard InChI is InChI=1S/C13H16N4O5/c14-13(18)22-8-2-1-4-16(7-8)11-9-3-5-21-12(9)15-6-10(11)17(19)20/h6,8H,1-5,7H2,(H2,14,18)/t8-/m0/s1. The van der Waals surface area contributed by atoms with Gasteiger partial charge in [0.2, 0.25) is 5.88 Å². The molecule has 1 amide bonds. The van der Waals surface area contributed by atoms with Gasteiger partial charge in [0.15, 0.2) is 0 Å². The number of carbonyl (C=O) groups is 1. The number of hydrogen-bond acceptors (Lipinski definition) is 7. The average Bonchev–Trinajstić information content (AvgIpc) is 2.93. The van der Waals surface area contributed by atoms with E-state index in [0.717, 1.165) is 12.0 Å². The molecule has 0 bridgehead atoms. The molecule has 0 aliphatic carbocycles. The van der Waals surface area contributed by atoms with Crippen molar-refractivity contribution in [1.29, 1.82) is 0 Å². The van der Waals surface area contributed by atoms with Crippen LogP contribution in [-0.4, -0.2) is 41.8 Å². The van der Waals surface area contributed by atoms with E-state index >= 15 is 0 Å². The summed E-state index contributed by atoms with van der Waals surface area (Å²) >= 11 is 0. The van der Waals surface area contributed by atoms with Crippen molar-refractivity contribution in [1.82, 2.24) is 4.98 Å². The summed E-state index contributed by atoms with van der Waals surface area (Å²) in [6, 6.07) is 0. The van der Waals surface area contributed by atoms with Crippen LogP contribution in [0.4, 0.5) is 16.2 Å². The zero-order valence-corrected chi connectivity index (χ0v) is 11.9. The van der Waals surface area contributed by atoms with E-state index in [-0.39, 0.29) is 11.8 Å². The summed E-state index contributed by atoms with van der Waals surface area (Å²) in [5.74, 6) is 0.443. The normalized spacial score (nSPS) is 20.2. The van der Waals surface area contributed by atoms with Crippen molar-refractivity contribution in [2.45, 2.75) is 25.4 Å². The highest BCUT2D eigenvalue weighted by Crippen LogP contribution is 2.40. The van der Waals surface area contributed by atoms with Gasteiger partial charge in [-0.15, -0.1) is 0 Å². The minimum Gasteiger partial charge on any atom is -0.477 e. The van der Waals surface area contributed by atoms with Gasteiger partial charge >= 0.3 is 11.8 Å². The van der Waals surface area contributed by atoms with E-state index in [9.17, 15) is 14.9 Å². The third-order valence-corrected chi connectivity index (χ3v) is 3.86. The van der Waals surface area contributed by atoms with Gasteiger partial charge in [-0.25, -0.2) is 9.78 Å². The smallest absolute Gasteiger partial charge is 0.404 e. The predicted octanol–water partition coefficient (Wildman–Crippen LogP) is 0.989. The van der Waals surface area contributed by atoms with Crippen molar-refractivity contribution >= 4 is 17.5 Å². The van der Waals surface area contributed by atoms with Crippen LogP contribution >= 0.6 is 0 Å². The number of pyridine rings is 1. The van der Waals surface area contributed by atoms with Gasteiger partial charge in [-0.2, -0.15) is 0 Å². The van der Waals surface area contributed by atoms with E-state index < -0.39 is 11.0 Å². The lowest BCUT2D eigenvalue weighted by Gasteiger charge is -2.33. The molecule has 0 aromatic carbocycles. The van der Waals surface area contributed by atoms with Crippen molar-refractivity contribution in [3.05, 3.63) is 21.9 Å². The Morgan fingerprint density at radius 1 is 1.59 bits per heavy atom. The third-order valence-electron chi connectivity index (χ3n) is 3.86. The molecule has 9 heteroatoms. The summed E-state index contributed by atoms with van der Waals surface area (Å²) in [5.41, 5.74) is 6.27. The Bertz CT molecular complexity index is 621. The predicted molar refractivity (Wildman–Crippen MR) is 76.0 cm³/mol. The third kappa shape index (κ3) is 2.61. The number of anilines is 1. The molecule has 0 unspecified atom stereocenters. The minimum absolute atomic E-state index is 0.0519. The van der Waals surface area contributed by atoms with Gasteiger partial charge in [-0.3, -0.25) is 10.1 Å². The molecule has 0 saturated carbocycles. The van der Waals surface area contributed by atoms with Gasteiger partial charge in [0, 0.05) is 18.5 Å². The summed E-state index contributed by atoms with van der Waals surface area (Å²) in [6.45, 7) is 1.49. The van der Waals surface area contributed by atoms with E-state index in [1.165, 1.54) is 6.20 Å². The Hall–Kier alpha value is -2.58. The van der Waals surface area contributed by atoms with Crippen molar-refractivity contribution < 1.29 is 19.2 Å². The number of amides is 1. The molecule has 9 nitrogen and oxygen atoms in total. The Balaban J connectivity index is 1.94. The van der Waals surface area contributed by atoms with E-state index in [1.807, 2.05) is 4.90 Å². The molecule has 2 aliphatic heterocycles. The lowest BCUT2D eigenvalue weighted by molar-refractivity contribution is -0.384. The maximum absolute atomic E-state index is 11.3. The molecule has 118 valence electrons. The fourth-order valence-corrected chi connectivity index (χ4v) is 3.00. The molecule has 0 spiro atoms. The molecule has 0 radical (unpaired) electrons. The van der Waals surface area contributed by atoms with Gasteiger partial charge in [0.25, 0.3) is 0 Å². The molecule has 1 aromatic rings. The molecule has 3 heterocycles. The second-order valence-electron chi connectivity index (χ2n) is 5.28. The number of rotatable bonds is 3. The fraction of sp³-hybridized carbons (Fsp3) is 0.538. The topological polar surface area (TPSA) is 121 Å². The van der Waals surface area contributed by atoms with Crippen LogP contribution in [0, 0.1) is 10.1 Å². The maximum atomic E-state index is 11.3. The van der Waals surface area contributed by atoms with Gasteiger partial charge < -0.3 is 20.1 Å². The fourth-order valence-electron chi connectivity index (χ4n) is 3.00. The number of primary amides is 1. The average molecular weight is 308 g/mol. The van der Waals surface area contributed by atoms with Gasteiger partial charge in [0.05, 0.1) is 18.1 Å². The number of carbonyl (C=O) groups excluding carboxylic acids is 1. The number of nitro groups is 1. The van der Waals surface area contributed by atoms with Crippen LogP contribution in [0.1, 0.15) is 18.4 Å².